The third-order valence-electron chi connectivity index (χ3n) is 5.37. The van der Waals surface area contributed by atoms with Gasteiger partial charge in [-0.1, -0.05) is 35.9 Å². The van der Waals surface area contributed by atoms with Crippen LogP contribution in [-0.2, 0) is 25.9 Å². The summed E-state index contributed by atoms with van der Waals surface area (Å²) in [6.07, 6.45) is 3.62. The Kier molecular flexibility index (Phi) is 6.79. The van der Waals surface area contributed by atoms with Gasteiger partial charge in [0.1, 0.15) is 11.5 Å². The molecule has 0 bridgehead atoms. The predicted molar refractivity (Wildman–Crippen MR) is 121 cm³/mol. The van der Waals surface area contributed by atoms with Gasteiger partial charge in [-0.15, -0.1) is 0 Å². The first-order chi connectivity index (χ1) is 15.1. The first-order valence-corrected chi connectivity index (χ1v) is 10.7. The quantitative estimate of drug-likeness (QED) is 0.542. The minimum atomic E-state index is -0.300. The van der Waals surface area contributed by atoms with Crippen molar-refractivity contribution in [2.24, 2.45) is 0 Å². The van der Waals surface area contributed by atoms with E-state index < -0.39 is 0 Å². The molecule has 0 saturated carbocycles. The van der Waals surface area contributed by atoms with Crippen LogP contribution in [0.2, 0.25) is 5.02 Å². The zero-order valence-corrected chi connectivity index (χ0v) is 17.8. The van der Waals surface area contributed by atoms with Crippen molar-refractivity contribution in [3.05, 3.63) is 93.5 Å². The largest absolute Gasteiger partial charge is 0.379 e. The van der Waals surface area contributed by atoms with Gasteiger partial charge in [0.15, 0.2) is 0 Å². The summed E-state index contributed by atoms with van der Waals surface area (Å²) in [5, 5.41) is 10.4. The molecule has 160 valence electrons. The van der Waals surface area contributed by atoms with E-state index in [9.17, 15) is 9.18 Å². The highest BCUT2D eigenvalue weighted by Crippen LogP contribution is 2.31. The second-order valence-corrected chi connectivity index (χ2v) is 7.93. The van der Waals surface area contributed by atoms with Crippen molar-refractivity contribution in [3.8, 4) is 0 Å². The van der Waals surface area contributed by atoms with Gasteiger partial charge in [-0.05, 0) is 72.5 Å². The third-order valence-corrected chi connectivity index (χ3v) is 5.69. The molecule has 0 spiro atoms. The number of amides is 1. The van der Waals surface area contributed by atoms with Crippen LogP contribution in [0, 0.1) is 5.82 Å². The molecule has 3 N–H and O–H groups in total. The minimum Gasteiger partial charge on any atom is -0.379 e. The molecule has 7 heteroatoms. The number of fused-ring (bicyclic) bond motifs is 1. The molecule has 1 amide bonds. The Balaban J connectivity index is 1.37. The molecule has 0 fully saturated rings. The van der Waals surface area contributed by atoms with Crippen molar-refractivity contribution in [1.82, 2.24) is 15.6 Å². The van der Waals surface area contributed by atoms with Crippen molar-refractivity contribution >= 4 is 23.2 Å². The van der Waals surface area contributed by atoms with Crippen LogP contribution in [0.15, 0.2) is 54.7 Å². The van der Waals surface area contributed by atoms with Crippen LogP contribution in [0.25, 0.3) is 0 Å². The van der Waals surface area contributed by atoms with Crippen LogP contribution in [0.1, 0.15) is 32.7 Å². The smallest absolute Gasteiger partial charge is 0.270 e. The number of nitrogens with one attached hydrogen (secondary N) is 3. The van der Waals surface area contributed by atoms with E-state index in [1.165, 1.54) is 23.3 Å². The number of hydrogen-bond acceptors (Lipinski definition) is 4. The number of halogens is 2. The molecule has 0 radical (unpaired) electrons. The number of carbonyl (C=O) groups excluding carboxylic acids is 1. The Labute approximate surface area is 186 Å². The summed E-state index contributed by atoms with van der Waals surface area (Å²) >= 11 is 6.47. The number of pyridine rings is 1. The van der Waals surface area contributed by atoms with E-state index in [0.29, 0.717) is 23.8 Å². The molecule has 31 heavy (non-hydrogen) atoms. The number of rotatable bonds is 6. The normalized spacial score (nSPS) is 13.2. The van der Waals surface area contributed by atoms with Gasteiger partial charge in [0.25, 0.3) is 5.91 Å². The van der Waals surface area contributed by atoms with Crippen molar-refractivity contribution in [2.45, 2.75) is 25.9 Å². The van der Waals surface area contributed by atoms with Crippen LogP contribution in [0.4, 0.5) is 10.1 Å². The molecule has 4 rings (SSSR count). The average molecular weight is 439 g/mol. The van der Waals surface area contributed by atoms with Gasteiger partial charge in [-0.2, -0.15) is 0 Å². The first kappa shape index (κ1) is 21.3. The highest BCUT2D eigenvalue weighted by molar-refractivity contribution is 6.33. The molecule has 1 aliphatic heterocycles. The lowest BCUT2D eigenvalue weighted by atomic mass is 10.0. The summed E-state index contributed by atoms with van der Waals surface area (Å²) in [6.45, 7) is 2.79. The maximum Gasteiger partial charge on any atom is 0.270 e. The van der Waals surface area contributed by atoms with Gasteiger partial charge in [0.05, 0.1) is 10.7 Å². The SMILES string of the molecule is O=C(NCc1ccc(F)cc1)c1ccc(CNc2c(Cl)ccc3c2CCNCC3)cn1. The van der Waals surface area contributed by atoms with Gasteiger partial charge >= 0.3 is 0 Å². The van der Waals surface area contributed by atoms with Crippen molar-refractivity contribution in [1.29, 1.82) is 0 Å². The van der Waals surface area contributed by atoms with Gasteiger partial charge in [-0.25, -0.2) is 4.39 Å². The average Bonchev–Trinajstić information content (AvgIpc) is 3.04. The zero-order valence-electron chi connectivity index (χ0n) is 17.1. The molecule has 5 nitrogen and oxygen atoms in total. The molecule has 0 atom stereocenters. The molecule has 0 unspecified atom stereocenters. The Bertz CT molecular complexity index is 1050. The minimum absolute atomic E-state index is 0.271. The van der Waals surface area contributed by atoms with Crippen LogP contribution in [0.5, 0.6) is 0 Å². The molecule has 0 aliphatic carbocycles. The molecule has 3 aromatic rings. The number of benzene rings is 2. The number of hydrogen-bond donors (Lipinski definition) is 3. The zero-order chi connectivity index (χ0) is 21.6. The van der Waals surface area contributed by atoms with E-state index in [-0.39, 0.29) is 11.7 Å². The van der Waals surface area contributed by atoms with E-state index in [2.05, 4.69) is 27.0 Å². The number of nitrogens with zero attached hydrogens (tertiary/aromatic N) is 1. The van der Waals surface area contributed by atoms with Crippen LogP contribution in [-0.4, -0.2) is 24.0 Å². The van der Waals surface area contributed by atoms with E-state index in [0.717, 1.165) is 42.7 Å². The summed E-state index contributed by atoms with van der Waals surface area (Å²) in [5.41, 5.74) is 5.68. The second-order valence-electron chi connectivity index (χ2n) is 7.52. The summed E-state index contributed by atoms with van der Waals surface area (Å²) in [4.78, 5) is 16.6. The fraction of sp³-hybridized carbons (Fsp3) is 0.250. The number of carbonyl (C=O) groups is 1. The highest BCUT2D eigenvalue weighted by Gasteiger charge is 2.15. The van der Waals surface area contributed by atoms with Gasteiger partial charge < -0.3 is 16.0 Å². The molecule has 2 heterocycles. The van der Waals surface area contributed by atoms with Crippen LogP contribution >= 0.6 is 11.6 Å². The second kappa shape index (κ2) is 9.90. The Morgan fingerprint density at radius 2 is 1.77 bits per heavy atom. The first-order valence-electron chi connectivity index (χ1n) is 10.3. The lowest BCUT2D eigenvalue weighted by Crippen LogP contribution is -2.23. The fourth-order valence-corrected chi connectivity index (χ4v) is 3.91. The lowest BCUT2D eigenvalue weighted by molar-refractivity contribution is 0.0946. The van der Waals surface area contributed by atoms with Crippen molar-refractivity contribution in [3.63, 3.8) is 0 Å². The maximum atomic E-state index is 13.0. The highest BCUT2D eigenvalue weighted by atomic mass is 35.5. The number of anilines is 1. The monoisotopic (exact) mass is 438 g/mol. The summed E-state index contributed by atoms with van der Waals surface area (Å²) in [5.74, 6) is -0.571. The Hall–Kier alpha value is -2.96. The summed E-state index contributed by atoms with van der Waals surface area (Å²) in [7, 11) is 0. The summed E-state index contributed by atoms with van der Waals surface area (Å²) in [6, 6.07) is 13.7. The van der Waals surface area contributed by atoms with Gasteiger partial charge in [0, 0.05) is 19.3 Å². The van der Waals surface area contributed by atoms with Crippen LogP contribution in [0.3, 0.4) is 0 Å². The molecule has 1 aromatic heterocycles. The van der Waals surface area contributed by atoms with E-state index in [4.69, 9.17) is 11.6 Å². The molecule has 1 aliphatic rings. The molecule has 2 aromatic carbocycles. The van der Waals surface area contributed by atoms with E-state index in [1.807, 2.05) is 12.1 Å². The van der Waals surface area contributed by atoms with Gasteiger partial charge in [0.2, 0.25) is 0 Å². The predicted octanol–water partition coefficient (Wildman–Crippen LogP) is 4.10. The van der Waals surface area contributed by atoms with Crippen LogP contribution < -0.4 is 16.0 Å². The lowest BCUT2D eigenvalue weighted by Gasteiger charge is -2.16. The topological polar surface area (TPSA) is 66.1 Å². The maximum absolute atomic E-state index is 13.0. The Morgan fingerprint density at radius 1 is 1.00 bits per heavy atom. The van der Waals surface area contributed by atoms with E-state index in [1.54, 1.807) is 24.4 Å². The van der Waals surface area contributed by atoms with Crippen molar-refractivity contribution < 1.29 is 9.18 Å². The standard InChI is InChI=1S/C24H24ClFN4O/c25-21-7-4-18-9-11-27-12-10-20(18)23(21)29-15-17-3-8-22(28-14-17)24(31)30-13-16-1-5-19(26)6-2-16/h1-8,14,27,29H,9-13,15H2,(H,30,31). The fourth-order valence-electron chi connectivity index (χ4n) is 3.66. The molecule has 0 saturated heterocycles. The number of aromatic nitrogens is 1. The Morgan fingerprint density at radius 3 is 2.55 bits per heavy atom. The third kappa shape index (κ3) is 5.40. The van der Waals surface area contributed by atoms with Gasteiger partial charge in [-0.3, -0.25) is 9.78 Å². The molecular formula is C24H24ClFN4O. The molecular weight excluding hydrogens is 415 g/mol. The summed E-state index contributed by atoms with van der Waals surface area (Å²) < 4.78 is 13.0. The van der Waals surface area contributed by atoms with E-state index >= 15 is 0 Å². The van der Waals surface area contributed by atoms with Crippen molar-refractivity contribution in [2.75, 3.05) is 18.4 Å².